The molecule has 0 unspecified atom stereocenters. The number of rotatable bonds is 3. The number of thiophene rings is 1. The molecule has 0 bridgehead atoms. The molecule has 2 N–H and O–H groups in total. The van der Waals surface area contributed by atoms with Crippen LogP contribution in [0.2, 0.25) is 0 Å². The molecule has 0 radical (unpaired) electrons. The van der Waals surface area contributed by atoms with Crippen molar-refractivity contribution in [1.29, 1.82) is 0 Å². The third-order valence-corrected chi connectivity index (χ3v) is 7.08. The van der Waals surface area contributed by atoms with Crippen molar-refractivity contribution in [1.82, 2.24) is 10.2 Å². The summed E-state index contributed by atoms with van der Waals surface area (Å²) in [5.74, 6) is 1.25. The van der Waals surface area contributed by atoms with E-state index in [-0.39, 0.29) is 12.0 Å². The minimum atomic E-state index is -0.453. The van der Waals surface area contributed by atoms with Gasteiger partial charge in [-0.3, -0.25) is 4.79 Å². The summed E-state index contributed by atoms with van der Waals surface area (Å²) in [4.78, 5) is 27.7. The van der Waals surface area contributed by atoms with Crippen molar-refractivity contribution >= 4 is 44.3 Å². The van der Waals surface area contributed by atoms with Gasteiger partial charge in [0.2, 0.25) is 0 Å². The normalized spacial score (nSPS) is 17.4. The maximum absolute atomic E-state index is 12.9. The summed E-state index contributed by atoms with van der Waals surface area (Å²) in [7, 11) is 0. The molecule has 1 aromatic carbocycles. The van der Waals surface area contributed by atoms with E-state index >= 15 is 0 Å². The van der Waals surface area contributed by atoms with Crippen molar-refractivity contribution < 1.29 is 18.7 Å². The molecular formula is C22H20BrN3O4S. The number of furan rings is 1. The van der Waals surface area contributed by atoms with Crippen LogP contribution >= 0.6 is 27.3 Å². The monoisotopic (exact) mass is 501 g/mol. The van der Waals surface area contributed by atoms with E-state index in [0.29, 0.717) is 37.4 Å². The number of nitrogens with zero attached hydrogens (tertiary/aromatic N) is 1. The van der Waals surface area contributed by atoms with Gasteiger partial charge in [-0.15, -0.1) is 11.3 Å². The van der Waals surface area contributed by atoms with E-state index in [1.54, 1.807) is 11.8 Å². The molecule has 160 valence electrons. The summed E-state index contributed by atoms with van der Waals surface area (Å²) in [6.07, 6.45) is -0.134. The number of hydrogen-bond acceptors (Lipinski definition) is 6. The number of carbonyl (C=O) groups is 2. The van der Waals surface area contributed by atoms with Crippen LogP contribution < -0.4 is 10.6 Å². The van der Waals surface area contributed by atoms with Crippen molar-refractivity contribution in [3.8, 4) is 11.3 Å². The molecule has 1 atom stereocenters. The highest BCUT2D eigenvalue weighted by atomic mass is 79.9. The number of halogens is 1. The largest absolute Gasteiger partial charge is 0.457 e. The molecule has 7 nitrogen and oxygen atoms in total. The molecule has 2 aliphatic rings. The van der Waals surface area contributed by atoms with Crippen LogP contribution in [0.25, 0.3) is 11.3 Å². The van der Waals surface area contributed by atoms with E-state index in [1.165, 1.54) is 11.3 Å². The molecule has 0 aliphatic carbocycles. The van der Waals surface area contributed by atoms with Crippen molar-refractivity contribution in [3.63, 3.8) is 0 Å². The predicted molar refractivity (Wildman–Crippen MR) is 121 cm³/mol. The fourth-order valence-corrected chi connectivity index (χ4v) is 5.46. The summed E-state index contributed by atoms with van der Waals surface area (Å²) in [6, 6.07) is 11.6. The van der Waals surface area contributed by atoms with Crippen molar-refractivity contribution in [3.05, 3.63) is 62.6 Å². The second-order valence-corrected chi connectivity index (χ2v) is 9.36. The van der Waals surface area contributed by atoms with E-state index in [1.807, 2.05) is 36.4 Å². The molecule has 3 aromatic rings. The fraction of sp³-hybridized carbons (Fsp3) is 0.273. The second-order valence-electron chi connectivity index (χ2n) is 7.34. The van der Waals surface area contributed by atoms with Crippen molar-refractivity contribution in [2.45, 2.75) is 26.1 Å². The van der Waals surface area contributed by atoms with Gasteiger partial charge in [-0.05, 0) is 43.2 Å². The third kappa shape index (κ3) is 3.72. The summed E-state index contributed by atoms with van der Waals surface area (Å²) in [5, 5.41) is 7.21. The Balaban J connectivity index is 1.38. The van der Waals surface area contributed by atoms with Crippen LogP contribution in [0.15, 0.2) is 45.3 Å². The number of ether oxygens (including phenoxy) is 1. The van der Waals surface area contributed by atoms with Crippen LogP contribution in [0.4, 0.5) is 9.80 Å². The molecule has 0 fully saturated rings. The van der Waals surface area contributed by atoms with E-state index in [0.717, 1.165) is 31.2 Å². The molecular weight excluding hydrogens is 482 g/mol. The summed E-state index contributed by atoms with van der Waals surface area (Å²) >= 11 is 4.95. The average molecular weight is 502 g/mol. The van der Waals surface area contributed by atoms with Gasteiger partial charge in [-0.1, -0.05) is 28.1 Å². The number of nitrogens with one attached hydrogen (secondary N) is 2. The smallest absolute Gasteiger partial charge is 0.410 e. The first kappa shape index (κ1) is 20.1. The number of benzene rings is 1. The van der Waals surface area contributed by atoms with Crippen molar-refractivity contribution in [2.75, 3.05) is 18.5 Å². The first-order valence-corrected chi connectivity index (χ1v) is 11.6. The molecule has 9 heteroatoms. The highest BCUT2D eigenvalue weighted by Crippen LogP contribution is 2.41. The predicted octanol–water partition coefficient (Wildman–Crippen LogP) is 5.14. The maximum atomic E-state index is 12.9. The molecule has 2 aliphatic heterocycles. The summed E-state index contributed by atoms with van der Waals surface area (Å²) < 4.78 is 12.2. The first-order chi connectivity index (χ1) is 15.0. The Hall–Kier alpha value is -2.78. The lowest BCUT2D eigenvalue weighted by Crippen LogP contribution is -2.39. The van der Waals surface area contributed by atoms with Crippen molar-refractivity contribution in [2.24, 2.45) is 0 Å². The van der Waals surface area contributed by atoms with Crippen LogP contribution in [0, 0.1) is 0 Å². The van der Waals surface area contributed by atoms with Gasteiger partial charge in [0.15, 0.2) is 6.17 Å². The number of amides is 2. The van der Waals surface area contributed by atoms with Crippen LogP contribution in [0.5, 0.6) is 0 Å². The Morgan fingerprint density at radius 1 is 1.26 bits per heavy atom. The highest BCUT2D eigenvalue weighted by Gasteiger charge is 2.35. The zero-order chi connectivity index (χ0) is 21.5. The Kier molecular flexibility index (Phi) is 5.23. The van der Waals surface area contributed by atoms with E-state index < -0.39 is 6.17 Å². The molecule has 0 saturated heterocycles. The number of hydrogen-bond donors (Lipinski definition) is 2. The SMILES string of the molecule is CCOC(=O)N1CCc2c(sc3c2C(=O)N[C@@H](c2ccc(-c4ccc(Br)cc4)o2)N3)C1. The molecule has 2 amide bonds. The quantitative estimate of drug-likeness (QED) is 0.519. The van der Waals surface area contributed by atoms with E-state index in [2.05, 4.69) is 26.6 Å². The van der Waals surface area contributed by atoms with E-state index in [4.69, 9.17) is 9.15 Å². The Labute approximate surface area is 191 Å². The third-order valence-electron chi connectivity index (χ3n) is 5.40. The summed E-state index contributed by atoms with van der Waals surface area (Å²) in [5.41, 5.74) is 2.65. The van der Waals surface area contributed by atoms with Gasteiger partial charge >= 0.3 is 6.09 Å². The minimum Gasteiger partial charge on any atom is -0.457 e. The molecule has 2 aromatic heterocycles. The van der Waals surface area contributed by atoms with Gasteiger partial charge in [0.25, 0.3) is 5.91 Å². The number of fused-ring (bicyclic) bond motifs is 3. The molecule has 4 heterocycles. The first-order valence-electron chi connectivity index (χ1n) is 10.0. The molecule has 5 rings (SSSR count). The lowest BCUT2D eigenvalue weighted by Gasteiger charge is -2.27. The zero-order valence-electron chi connectivity index (χ0n) is 16.7. The van der Waals surface area contributed by atoms with Gasteiger partial charge in [-0.25, -0.2) is 4.79 Å². The standard InChI is InChI=1S/C22H20BrN3O4S/c1-2-29-22(28)26-10-9-14-17(11-26)31-21-18(14)20(27)24-19(25-21)16-8-7-15(30-16)12-3-5-13(23)6-4-12/h3-8,19,25H,2,9-11H2,1H3,(H,24,27)/t19-/m1/s1. The van der Waals surface area contributed by atoms with Crippen LogP contribution in [-0.4, -0.2) is 30.1 Å². The van der Waals surface area contributed by atoms with Gasteiger partial charge in [0.05, 0.1) is 18.7 Å². The van der Waals surface area contributed by atoms with Crippen LogP contribution in [0.1, 0.15) is 39.6 Å². The second kappa shape index (κ2) is 8.05. The average Bonchev–Trinajstić information content (AvgIpc) is 3.39. The number of carbonyl (C=O) groups excluding carboxylic acids is 2. The van der Waals surface area contributed by atoms with Gasteiger partial charge < -0.3 is 24.7 Å². The molecule has 31 heavy (non-hydrogen) atoms. The van der Waals surface area contributed by atoms with Crippen LogP contribution in [0.3, 0.4) is 0 Å². The lowest BCUT2D eigenvalue weighted by atomic mass is 10.0. The highest BCUT2D eigenvalue weighted by molar-refractivity contribution is 9.10. The Morgan fingerprint density at radius 3 is 2.84 bits per heavy atom. The fourth-order valence-electron chi connectivity index (χ4n) is 3.91. The molecule has 0 saturated carbocycles. The van der Waals surface area contributed by atoms with Gasteiger partial charge in [0, 0.05) is 21.5 Å². The Bertz CT molecular complexity index is 1150. The number of anilines is 1. The topological polar surface area (TPSA) is 83.8 Å². The van der Waals surface area contributed by atoms with Gasteiger partial charge in [-0.2, -0.15) is 0 Å². The maximum Gasteiger partial charge on any atom is 0.410 e. The summed E-state index contributed by atoms with van der Waals surface area (Å²) in [6.45, 7) is 3.14. The zero-order valence-corrected chi connectivity index (χ0v) is 19.1. The van der Waals surface area contributed by atoms with Gasteiger partial charge in [0.1, 0.15) is 16.5 Å². The van der Waals surface area contributed by atoms with E-state index in [9.17, 15) is 9.59 Å². The molecule has 0 spiro atoms. The Morgan fingerprint density at radius 2 is 2.06 bits per heavy atom. The van der Waals surface area contributed by atoms with Crippen LogP contribution in [-0.2, 0) is 17.7 Å². The lowest BCUT2D eigenvalue weighted by molar-refractivity contribution is 0.0929. The minimum absolute atomic E-state index is 0.123.